The monoisotopic (exact) mass is 366 g/mol. The zero-order valence-electron chi connectivity index (χ0n) is 15.0. The first-order valence-corrected chi connectivity index (χ1v) is 9.65. The Kier molecular flexibility index (Phi) is 4.51. The smallest absolute Gasteiger partial charge is 0.321 e. The number of hydrogen-bond donors (Lipinski definition) is 1. The predicted molar refractivity (Wildman–Crippen MR) is 108 cm³/mol. The van der Waals surface area contributed by atoms with Crippen LogP contribution >= 0.6 is 11.3 Å². The Bertz CT molecular complexity index is 930. The first kappa shape index (κ1) is 16.8. The average Bonchev–Trinajstić information content (AvgIpc) is 3.07. The van der Waals surface area contributed by atoms with Gasteiger partial charge in [-0.3, -0.25) is 0 Å². The van der Waals surface area contributed by atoms with Crippen molar-refractivity contribution in [3.63, 3.8) is 0 Å². The Morgan fingerprint density at radius 3 is 2.54 bits per heavy atom. The Labute approximate surface area is 157 Å². The molecule has 2 heterocycles. The van der Waals surface area contributed by atoms with Gasteiger partial charge in [0.25, 0.3) is 0 Å². The number of aryl methyl sites for hydroxylation is 2. The maximum Gasteiger partial charge on any atom is 0.321 e. The minimum absolute atomic E-state index is 0.0355. The van der Waals surface area contributed by atoms with E-state index in [0.717, 1.165) is 29.4 Å². The fraction of sp³-hybridized carbons (Fsp3) is 0.300. The van der Waals surface area contributed by atoms with Crippen LogP contribution in [0.25, 0.3) is 10.2 Å². The third-order valence-electron chi connectivity index (χ3n) is 4.68. The highest BCUT2D eigenvalue weighted by atomic mass is 32.1. The highest BCUT2D eigenvalue weighted by Gasteiger charge is 2.23. The highest BCUT2D eigenvalue weighted by Crippen LogP contribution is 2.32. The van der Waals surface area contributed by atoms with E-state index >= 15 is 0 Å². The van der Waals surface area contributed by atoms with E-state index in [4.69, 9.17) is 4.98 Å². The van der Waals surface area contributed by atoms with Gasteiger partial charge < -0.3 is 15.1 Å². The van der Waals surface area contributed by atoms with Crippen LogP contribution in [-0.2, 0) is 0 Å². The van der Waals surface area contributed by atoms with Gasteiger partial charge in [-0.05, 0) is 43.2 Å². The number of carbonyl (C=O) groups excluding carboxylic acids is 1. The van der Waals surface area contributed by atoms with E-state index in [1.54, 1.807) is 11.3 Å². The number of thiazole rings is 1. The van der Waals surface area contributed by atoms with Crippen LogP contribution in [0.5, 0.6) is 0 Å². The number of aromatic nitrogens is 1. The van der Waals surface area contributed by atoms with Gasteiger partial charge in [0.2, 0.25) is 0 Å². The molecule has 5 nitrogen and oxygen atoms in total. The first-order valence-electron chi connectivity index (χ1n) is 8.84. The number of amides is 2. The predicted octanol–water partition coefficient (Wildman–Crippen LogP) is 4.27. The maximum atomic E-state index is 12.4. The number of hydrogen-bond acceptors (Lipinski definition) is 4. The van der Waals surface area contributed by atoms with E-state index in [0.29, 0.717) is 13.1 Å². The van der Waals surface area contributed by atoms with Gasteiger partial charge in [-0.15, -0.1) is 0 Å². The minimum atomic E-state index is -0.0355. The number of fused-ring (bicyclic) bond motifs is 1. The molecule has 1 aliphatic rings. The maximum absolute atomic E-state index is 12.4. The lowest BCUT2D eigenvalue weighted by Crippen LogP contribution is -2.50. The Morgan fingerprint density at radius 1 is 1.08 bits per heavy atom. The number of urea groups is 1. The lowest BCUT2D eigenvalue weighted by Gasteiger charge is -2.34. The number of carbonyl (C=O) groups is 1. The van der Waals surface area contributed by atoms with E-state index in [2.05, 4.69) is 36.2 Å². The number of nitrogens with one attached hydrogen (secondary N) is 1. The molecule has 0 radical (unpaired) electrons. The summed E-state index contributed by atoms with van der Waals surface area (Å²) in [5.41, 5.74) is 4.42. The van der Waals surface area contributed by atoms with Gasteiger partial charge in [-0.25, -0.2) is 9.78 Å². The molecule has 3 aromatic rings. The van der Waals surface area contributed by atoms with Crippen LogP contribution < -0.4 is 10.2 Å². The molecule has 134 valence electrons. The van der Waals surface area contributed by atoms with Crippen LogP contribution in [0.3, 0.4) is 0 Å². The van der Waals surface area contributed by atoms with Gasteiger partial charge in [0, 0.05) is 31.9 Å². The number of para-hydroxylation sites is 1. The van der Waals surface area contributed by atoms with E-state index in [1.807, 2.05) is 35.2 Å². The van der Waals surface area contributed by atoms with Crippen LogP contribution in [0.4, 0.5) is 15.6 Å². The lowest BCUT2D eigenvalue weighted by molar-refractivity contribution is 0.208. The number of rotatable bonds is 2. The highest BCUT2D eigenvalue weighted by molar-refractivity contribution is 7.22. The third-order valence-corrected chi connectivity index (χ3v) is 5.74. The second-order valence-electron chi connectivity index (χ2n) is 6.70. The summed E-state index contributed by atoms with van der Waals surface area (Å²) in [6, 6.07) is 13.9. The molecule has 1 saturated heterocycles. The molecule has 1 aromatic heterocycles. The standard InChI is InChI=1S/C20H22N4OS/c1-14-12-15(2)18-17(13-14)26-20(22-18)24-10-8-23(9-11-24)19(25)21-16-6-4-3-5-7-16/h3-7,12-13H,8-11H2,1-2H3,(H,21,25). The van der Waals surface area contributed by atoms with Gasteiger partial charge in [0.1, 0.15) is 0 Å². The van der Waals surface area contributed by atoms with Gasteiger partial charge in [0.15, 0.2) is 5.13 Å². The molecule has 4 rings (SSSR count). The summed E-state index contributed by atoms with van der Waals surface area (Å²) < 4.78 is 1.24. The summed E-state index contributed by atoms with van der Waals surface area (Å²) >= 11 is 1.74. The first-order chi connectivity index (χ1) is 12.6. The average molecular weight is 366 g/mol. The molecule has 0 aliphatic carbocycles. The van der Waals surface area contributed by atoms with Crippen molar-refractivity contribution in [2.24, 2.45) is 0 Å². The quantitative estimate of drug-likeness (QED) is 0.737. The van der Waals surface area contributed by atoms with Crippen molar-refractivity contribution in [2.45, 2.75) is 13.8 Å². The van der Waals surface area contributed by atoms with Crippen LogP contribution in [0, 0.1) is 13.8 Å². The summed E-state index contributed by atoms with van der Waals surface area (Å²) in [4.78, 5) is 21.4. The molecule has 0 unspecified atom stereocenters. The summed E-state index contributed by atoms with van der Waals surface area (Å²) in [6.45, 7) is 7.25. The number of nitrogens with zero attached hydrogens (tertiary/aromatic N) is 3. The molecule has 2 aromatic carbocycles. The number of piperazine rings is 1. The Hall–Kier alpha value is -2.60. The summed E-state index contributed by atoms with van der Waals surface area (Å²) in [5, 5.41) is 4.01. The van der Waals surface area contributed by atoms with Crippen molar-refractivity contribution in [2.75, 3.05) is 36.4 Å². The molecular formula is C20H22N4OS. The lowest BCUT2D eigenvalue weighted by atomic mass is 10.1. The molecule has 0 bridgehead atoms. The van der Waals surface area contributed by atoms with E-state index in [9.17, 15) is 4.79 Å². The second-order valence-corrected chi connectivity index (χ2v) is 7.70. The van der Waals surface area contributed by atoms with E-state index in [-0.39, 0.29) is 6.03 Å². The summed E-state index contributed by atoms with van der Waals surface area (Å²) in [6.07, 6.45) is 0. The molecule has 0 saturated carbocycles. The summed E-state index contributed by atoms with van der Waals surface area (Å²) in [5.74, 6) is 0. The molecule has 0 atom stereocenters. The van der Waals surface area contributed by atoms with Crippen LogP contribution in [0.15, 0.2) is 42.5 Å². The Morgan fingerprint density at radius 2 is 1.81 bits per heavy atom. The molecule has 1 fully saturated rings. The summed E-state index contributed by atoms with van der Waals surface area (Å²) in [7, 11) is 0. The van der Waals surface area contributed by atoms with Crippen molar-refractivity contribution in [1.82, 2.24) is 9.88 Å². The third kappa shape index (κ3) is 3.37. The molecular weight excluding hydrogens is 344 g/mol. The van der Waals surface area contributed by atoms with Crippen molar-refractivity contribution in [3.8, 4) is 0 Å². The normalized spacial score (nSPS) is 14.7. The van der Waals surface area contributed by atoms with Gasteiger partial charge in [-0.2, -0.15) is 0 Å². The van der Waals surface area contributed by atoms with Crippen molar-refractivity contribution >= 4 is 38.4 Å². The van der Waals surface area contributed by atoms with Gasteiger partial charge in [-0.1, -0.05) is 35.6 Å². The molecule has 2 amide bonds. The van der Waals surface area contributed by atoms with Crippen molar-refractivity contribution in [3.05, 3.63) is 53.6 Å². The van der Waals surface area contributed by atoms with Crippen LogP contribution in [-0.4, -0.2) is 42.1 Å². The van der Waals surface area contributed by atoms with Crippen LogP contribution in [0.2, 0.25) is 0 Å². The fourth-order valence-corrected chi connectivity index (χ4v) is 4.51. The molecule has 6 heteroatoms. The largest absolute Gasteiger partial charge is 0.345 e. The molecule has 26 heavy (non-hydrogen) atoms. The van der Waals surface area contributed by atoms with Crippen molar-refractivity contribution < 1.29 is 4.79 Å². The second kappa shape index (κ2) is 6.96. The molecule has 1 aliphatic heterocycles. The van der Waals surface area contributed by atoms with Gasteiger partial charge >= 0.3 is 6.03 Å². The zero-order chi connectivity index (χ0) is 18.1. The fourth-order valence-electron chi connectivity index (χ4n) is 3.32. The zero-order valence-corrected chi connectivity index (χ0v) is 15.8. The van der Waals surface area contributed by atoms with E-state index in [1.165, 1.54) is 15.8 Å². The van der Waals surface area contributed by atoms with Crippen LogP contribution in [0.1, 0.15) is 11.1 Å². The van der Waals surface area contributed by atoms with Gasteiger partial charge in [0.05, 0.1) is 10.2 Å². The molecule has 0 spiro atoms. The SMILES string of the molecule is Cc1cc(C)c2nc(N3CCN(C(=O)Nc4ccccc4)CC3)sc2c1. The van der Waals surface area contributed by atoms with E-state index < -0.39 is 0 Å². The topological polar surface area (TPSA) is 48.5 Å². The number of benzene rings is 2. The molecule has 1 N–H and O–H groups in total. The van der Waals surface area contributed by atoms with Crippen molar-refractivity contribution in [1.29, 1.82) is 0 Å². The Balaban J connectivity index is 1.42. The minimum Gasteiger partial charge on any atom is -0.345 e. The number of anilines is 2.